The molecule has 0 spiro atoms. The van der Waals surface area contributed by atoms with Crippen LogP contribution in [0.15, 0.2) is 41.5 Å². The fourth-order valence-electron chi connectivity index (χ4n) is 2.31. The van der Waals surface area contributed by atoms with E-state index in [4.69, 9.17) is 5.53 Å². The Labute approximate surface area is 107 Å². The molecule has 0 aliphatic carbocycles. The topological polar surface area (TPSA) is 96.9 Å². The Balaban J connectivity index is 2.70. The summed E-state index contributed by atoms with van der Waals surface area (Å²) in [4.78, 5) is 0. The molecule has 19 heavy (non-hydrogen) atoms. The van der Waals surface area contributed by atoms with Gasteiger partial charge in [-0.3, -0.25) is 0 Å². The van der Waals surface area contributed by atoms with E-state index in [1.807, 2.05) is 0 Å². The van der Waals surface area contributed by atoms with Gasteiger partial charge in [0.2, 0.25) is 0 Å². The van der Waals surface area contributed by atoms with E-state index in [0.29, 0.717) is 21.8 Å². The van der Waals surface area contributed by atoms with E-state index in [-0.39, 0.29) is 16.9 Å². The molecule has 4 N–H and O–H groups in total. The number of aromatic hydroxyl groups is 3. The fourth-order valence-corrected chi connectivity index (χ4v) is 2.31. The minimum absolute atomic E-state index is 0.102. The lowest BCUT2D eigenvalue weighted by molar-refractivity contribution is 0.406. The predicted octanol–water partition coefficient (Wildman–Crippen LogP) is 3.77. The van der Waals surface area contributed by atoms with Crippen molar-refractivity contribution in [2.75, 3.05) is 0 Å². The van der Waals surface area contributed by atoms with E-state index in [2.05, 4.69) is 5.11 Å². The van der Waals surface area contributed by atoms with E-state index in [1.54, 1.807) is 24.3 Å². The van der Waals surface area contributed by atoms with Crippen LogP contribution < -0.4 is 0 Å². The maximum Gasteiger partial charge on any atom is 0.169 e. The van der Waals surface area contributed by atoms with Gasteiger partial charge in [0, 0.05) is 16.2 Å². The summed E-state index contributed by atoms with van der Waals surface area (Å²) in [5.74, 6) is -0.869. The minimum atomic E-state index is -0.411. The normalized spacial score (nSPS) is 10.9. The predicted molar refractivity (Wildman–Crippen MR) is 71.3 cm³/mol. The van der Waals surface area contributed by atoms with Gasteiger partial charge in [0.05, 0.1) is 5.39 Å². The van der Waals surface area contributed by atoms with Crippen molar-refractivity contribution < 1.29 is 15.3 Å². The summed E-state index contributed by atoms with van der Waals surface area (Å²) in [7, 11) is 0. The first-order valence-corrected chi connectivity index (χ1v) is 5.61. The maximum atomic E-state index is 10.3. The highest BCUT2D eigenvalue weighted by molar-refractivity contribution is 6.16. The van der Waals surface area contributed by atoms with Crippen LogP contribution in [0, 0.1) is 5.53 Å². The van der Waals surface area contributed by atoms with Crippen LogP contribution in [-0.4, -0.2) is 15.3 Å². The Morgan fingerprint density at radius 1 is 0.789 bits per heavy atom. The van der Waals surface area contributed by atoms with Crippen LogP contribution in [0.4, 0.5) is 5.69 Å². The number of fused-ring (bicyclic) bond motifs is 2. The van der Waals surface area contributed by atoms with Crippen LogP contribution in [0.25, 0.3) is 21.5 Å². The molecule has 3 aromatic rings. The van der Waals surface area contributed by atoms with Gasteiger partial charge in [-0.05, 0) is 12.1 Å². The standard InChI is InChI=1S/C14H10N2O3/c15-16-12-7-3-1-2-4-8(7)13(18)11-9(12)5-6-10(17)14(11)19/h1-6,15,17-19H. The zero-order valence-electron chi connectivity index (χ0n) is 9.75. The highest BCUT2D eigenvalue weighted by Gasteiger charge is 2.17. The molecule has 0 atom stereocenters. The van der Waals surface area contributed by atoms with E-state index < -0.39 is 5.75 Å². The zero-order valence-corrected chi connectivity index (χ0v) is 9.75. The average molecular weight is 254 g/mol. The third-order valence-corrected chi connectivity index (χ3v) is 3.20. The number of phenols is 3. The Bertz CT molecular complexity index is 828. The summed E-state index contributed by atoms with van der Waals surface area (Å²) in [6.45, 7) is 0. The summed E-state index contributed by atoms with van der Waals surface area (Å²) < 4.78 is 0. The zero-order chi connectivity index (χ0) is 13.6. The van der Waals surface area contributed by atoms with Gasteiger partial charge in [-0.25, -0.2) is 5.53 Å². The van der Waals surface area contributed by atoms with E-state index in [1.165, 1.54) is 12.1 Å². The molecular formula is C14H10N2O3. The first-order chi connectivity index (χ1) is 9.15. The smallest absolute Gasteiger partial charge is 0.169 e. The molecule has 0 aliphatic heterocycles. The van der Waals surface area contributed by atoms with Crippen LogP contribution in [-0.2, 0) is 0 Å². The number of hydrogen-bond donors (Lipinski definition) is 4. The molecule has 5 heteroatoms. The van der Waals surface area contributed by atoms with Crippen LogP contribution in [0.1, 0.15) is 0 Å². The Kier molecular flexibility index (Phi) is 2.28. The highest BCUT2D eigenvalue weighted by Crippen LogP contribution is 2.47. The molecular weight excluding hydrogens is 244 g/mol. The lowest BCUT2D eigenvalue weighted by Gasteiger charge is -2.11. The van der Waals surface area contributed by atoms with E-state index >= 15 is 0 Å². The van der Waals surface area contributed by atoms with Crippen molar-refractivity contribution in [1.29, 1.82) is 5.53 Å². The lowest BCUT2D eigenvalue weighted by Crippen LogP contribution is -1.82. The quantitative estimate of drug-likeness (QED) is 0.302. The summed E-state index contributed by atoms with van der Waals surface area (Å²) in [6, 6.07) is 9.75. The van der Waals surface area contributed by atoms with Gasteiger partial charge in [0.1, 0.15) is 11.4 Å². The third-order valence-electron chi connectivity index (χ3n) is 3.20. The Hall–Kier alpha value is -2.82. The van der Waals surface area contributed by atoms with E-state index in [9.17, 15) is 15.3 Å². The second-order valence-corrected chi connectivity index (χ2v) is 4.21. The van der Waals surface area contributed by atoms with Gasteiger partial charge < -0.3 is 15.3 Å². The van der Waals surface area contributed by atoms with Crippen LogP contribution in [0.3, 0.4) is 0 Å². The molecule has 0 radical (unpaired) electrons. The molecule has 3 aromatic carbocycles. The molecule has 0 bridgehead atoms. The van der Waals surface area contributed by atoms with Crippen LogP contribution >= 0.6 is 0 Å². The van der Waals surface area contributed by atoms with Gasteiger partial charge in [-0.1, -0.05) is 24.3 Å². The molecule has 0 heterocycles. The summed E-state index contributed by atoms with van der Waals surface area (Å²) in [5, 5.41) is 34.8. The number of rotatable bonds is 1. The SMILES string of the molecule is N=Nc1c2ccccc2c(O)c2c(O)c(O)ccc12. The Morgan fingerprint density at radius 2 is 1.47 bits per heavy atom. The van der Waals surface area contributed by atoms with Crippen molar-refractivity contribution in [3.8, 4) is 17.2 Å². The highest BCUT2D eigenvalue weighted by atomic mass is 16.3. The van der Waals surface area contributed by atoms with Gasteiger partial charge in [0.15, 0.2) is 11.5 Å². The average Bonchev–Trinajstić information content (AvgIpc) is 2.43. The van der Waals surface area contributed by atoms with Gasteiger partial charge in [-0.15, -0.1) is 0 Å². The molecule has 0 saturated heterocycles. The summed E-state index contributed by atoms with van der Waals surface area (Å²) in [5.41, 5.74) is 7.65. The van der Waals surface area contributed by atoms with Crippen molar-refractivity contribution in [1.82, 2.24) is 0 Å². The molecule has 0 aliphatic rings. The molecule has 94 valence electrons. The second kappa shape index (κ2) is 3.84. The van der Waals surface area contributed by atoms with Crippen molar-refractivity contribution in [2.45, 2.75) is 0 Å². The second-order valence-electron chi connectivity index (χ2n) is 4.21. The van der Waals surface area contributed by atoms with Gasteiger partial charge in [0.25, 0.3) is 0 Å². The third kappa shape index (κ3) is 1.41. The van der Waals surface area contributed by atoms with E-state index in [0.717, 1.165) is 0 Å². The lowest BCUT2D eigenvalue weighted by atomic mass is 9.99. The number of phenolic OH excluding ortho intramolecular Hbond substituents is 3. The molecule has 0 saturated carbocycles. The van der Waals surface area contributed by atoms with Gasteiger partial charge >= 0.3 is 0 Å². The Morgan fingerprint density at radius 3 is 2.16 bits per heavy atom. The van der Waals surface area contributed by atoms with Crippen molar-refractivity contribution in [3.05, 3.63) is 36.4 Å². The minimum Gasteiger partial charge on any atom is -0.507 e. The van der Waals surface area contributed by atoms with Crippen LogP contribution in [0.5, 0.6) is 17.2 Å². The molecule has 0 fully saturated rings. The molecule has 3 rings (SSSR count). The molecule has 5 nitrogen and oxygen atoms in total. The van der Waals surface area contributed by atoms with Crippen LogP contribution in [0.2, 0.25) is 0 Å². The first-order valence-electron chi connectivity index (χ1n) is 5.61. The monoisotopic (exact) mass is 254 g/mol. The molecule has 0 amide bonds. The number of hydrogen-bond acceptors (Lipinski definition) is 5. The maximum absolute atomic E-state index is 10.3. The van der Waals surface area contributed by atoms with Crippen molar-refractivity contribution >= 4 is 27.2 Å². The summed E-state index contributed by atoms with van der Waals surface area (Å²) >= 11 is 0. The molecule has 0 aromatic heterocycles. The number of nitrogens with zero attached hydrogens (tertiary/aromatic N) is 1. The van der Waals surface area contributed by atoms with Crippen molar-refractivity contribution in [3.63, 3.8) is 0 Å². The fraction of sp³-hybridized carbons (Fsp3) is 0. The first kappa shape index (κ1) is 11.3. The molecule has 0 unspecified atom stereocenters. The largest absolute Gasteiger partial charge is 0.507 e. The summed E-state index contributed by atoms with van der Waals surface area (Å²) in [6.07, 6.45) is 0. The van der Waals surface area contributed by atoms with Crippen molar-refractivity contribution in [2.24, 2.45) is 5.11 Å². The number of nitrogens with one attached hydrogen (secondary N) is 1. The number of benzene rings is 3. The van der Waals surface area contributed by atoms with Gasteiger partial charge in [-0.2, -0.15) is 5.11 Å².